The van der Waals surface area contributed by atoms with Gasteiger partial charge in [0.25, 0.3) is 0 Å². The van der Waals surface area contributed by atoms with E-state index in [1.807, 2.05) is 0 Å². The fraction of sp³-hybridized carbons (Fsp3) is 0.364. The maximum Gasteiger partial charge on any atom is 0.221 e. The average Bonchev–Trinajstić information content (AvgIpc) is 2.27. The summed E-state index contributed by atoms with van der Waals surface area (Å²) in [5, 5.41) is 2.57. The number of carbonyl (C=O) groups excluding carboxylic acids is 1. The van der Waals surface area contributed by atoms with E-state index in [9.17, 15) is 13.2 Å². The number of carbonyl (C=O) groups is 1. The van der Waals surface area contributed by atoms with Crippen molar-refractivity contribution in [1.29, 1.82) is 0 Å². The normalized spacial score (nSPS) is 11.2. The van der Waals surface area contributed by atoms with E-state index in [0.29, 0.717) is 11.0 Å². The van der Waals surface area contributed by atoms with E-state index in [1.54, 1.807) is 19.1 Å². The van der Waals surface area contributed by atoms with Crippen molar-refractivity contribution in [3.63, 3.8) is 0 Å². The molecule has 0 radical (unpaired) electrons. The Balaban J connectivity index is 2.73. The topological polar surface area (TPSA) is 63.2 Å². The Bertz CT molecular complexity index is 499. The standard InChI is InChI=1S/C11H14BrNO3S/c1-2-13-11(14)6-7-17(15,16)10-5-3-4-9(12)8-10/h3-5,8H,2,6-7H2,1H3,(H,13,14). The monoisotopic (exact) mass is 319 g/mol. The van der Waals surface area contributed by atoms with Crippen LogP contribution in [0.5, 0.6) is 0 Å². The molecule has 0 bridgehead atoms. The van der Waals surface area contributed by atoms with Crippen molar-refractivity contribution in [3.05, 3.63) is 28.7 Å². The number of hydrogen-bond acceptors (Lipinski definition) is 3. The SMILES string of the molecule is CCNC(=O)CCS(=O)(=O)c1cccc(Br)c1. The zero-order valence-corrected chi connectivity index (χ0v) is 11.8. The molecule has 4 nitrogen and oxygen atoms in total. The second kappa shape index (κ2) is 6.16. The van der Waals surface area contributed by atoms with Crippen LogP contribution in [-0.2, 0) is 14.6 Å². The quantitative estimate of drug-likeness (QED) is 0.899. The zero-order chi connectivity index (χ0) is 12.9. The summed E-state index contributed by atoms with van der Waals surface area (Å²) in [6, 6.07) is 6.47. The van der Waals surface area contributed by atoms with Gasteiger partial charge in [-0.1, -0.05) is 22.0 Å². The van der Waals surface area contributed by atoms with Crippen molar-refractivity contribution in [2.24, 2.45) is 0 Å². The van der Waals surface area contributed by atoms with Gasteiger partial charge in [0, 0.05) is 17.4 Å². The number of hydrogen-bond donors (Lipinski definition) is 1. The van der Waals surface area contributed by atoms with Gasteiger partial charge in [0.15, 0.2) is 9.84 Å². The van der Waals surface area contributed by atoms with Crippen molar-refractivity contribution in [3.8, 4) is 0 Å². The first kappa shape index (κ1) is 14.2. The fourth-order valence-electron chi connectivity index (χ4n) is 1.29. The van der Waals surface area contributed by atoms with Crippen LogP contribution >= 0.6 is 15.9 Å². The first-order chi connectivity index (χ1) is 7.95. The largest absolute Gasteiger partial charge is 0.356 e. The molecule has 94 valence electrons. The summed E-state index contributed by atoms with van der Waals surface area (Å²) in [5.74, 6) is -0.416. The average molecular weight is 320 g/mol. The van der Waals surface area contributed by atoms with Gasteiger partial charge < -0.3 is 5.32 Å². The molecule has 0 aliphatic carbocycles. The number of halogens is 1. The van der Waals surface area contributed by atoms with E-state index < -0.39 is 9.84 Å². The van der Waals surface area contributed by atoms with Gasteiger partial charge in [-0.2, -0.15) is 0 Å². The van der Waals surface area contributed by atoms with Gasteiger partial charge in [-0.25, -0.2) is 8.42 Å². The molecular weight excluding hydrogens is 306 g/mol. The Morgan fingerprint density at radius 1 is 1.41 bits per heavy atom. The molecule has 0 atom stereocenters. The molecule has 0 saturated carbocycles. The van der Waals surface area contributed by atoms with Crippen LogP contribution in [0.3, 0.4) is 0 Å². The van der Waals surface area contributed by atoms with Crippen molar-refractivity contribution in [2.75, 3.05) is 12.3 Å². The summed E-state index contributed by atoms with van der Waals surface area (Å²) in [7, 11) is -3.39. The molecule has 0 unspecified atom stereocenters. The molecule has 17 heavy (non-hydrogen) atoms. The van der Waals surface area contributed by atoms with Crippen LogP contribution in [0.4, 0.5) is 0 Å². The van der Waals surface area contributed by atoms with Crippen LogP contribution in [0.1, 0.15) is 13.3 Å². The van der Waals surface area contributed by atoms with Gasteiger partial charge in [0.05, 0.1) is 10.6 Å². The molecule has 0 spiro atoms. The summed E-state index contributed by atoms with van der Waals surface area (Å²) >= 11 is 3.22. The highest BCUT2D eigenvalue weighted by molar-refractivity contribution is 9.10. The van der Waals surface area contributed by atoms with E-state index >= 15 is 0 Å². The third kappa shape index (κ3) is 4.47. The number of rotatable bonds is 5. The van der Waals surface area contributed by atoms with Gasteiger partial charge in [0.2, 0.25) is 5.91 Å². The molecule has 0 fully saturated rings. The first-order valence-corrected chi connectivity index (χ1v) is 7.65. The van der Waals surface area contributed by atoms with Crippen molar-refractivity contribution in [1.82, 2.24) is 5.32 Å². The Morgan fingerprint density at radius 2 is 2.12 bits per heavy atom. The Hall–Kier alpha value is -0.880. The molecule has 0 saturated heterocycles. The predicted molar refractivity (Wildman–Crippen MR) is 69.5 cm³/mol. The minimum Gasteiger partial charge on any atom is -0.356 e. The van der Waals surface area contributed by atoms with Crippen molar-refractivity contribution in [2.45, 2.75) is 18.2 Å². The molecule has 0 aliphatic heterocycles. The number of sulfone groups is 1. The summed E-state index contributed by atoms with van der Waals surface area (Å²) in [6.45, 7) is 2.30. The third-order valence-electron chi connectivity index (χ3n) is 2.13. The lowest BCUT2D eigenvalue weighted by atomic mass is 10.4. The summed E-state index contributed by atoms with van der Waals surface area (Å²) in [6.07, 6.45) is -0.0112. The molecule has 1 rings (SSSR count). The van der Waals surface area contributed by atoms with E-state index in [0.717, 1.165) is 0 Å². The van der Waals surface area contributed by atoms with Crippen LogP contribution in [0.15, 0.2) is 33.6 Å². The van der Waals surface area contributed by atoms with E-state index in [4.69, 9.17) is 0 Å². The molecular formula is C11H14BrNO3S. The molecule has 6 heteroatoms. The molecule has 0 heterocycles. The predicted octanol–water partition coefficient (Wildman–Crippen LogP) is 1.75. The minimum atomic E-state index is -3.39. The van der Waals surface area contributed by atoms with Crippen LogP contribution < -0.4 is 5.32 Å². The second-order valence-electron chi connectivity index (χ2n) is 3.48. The van der Waals surface area contributed by atoms with E-state index in [1.165, 1.54) is 12.1 Å². The molecule has 1 N–H and O–H groups in total. The summed E-state index contributed by atoms with van der Waals surface area (Å²) in [5.41, 5.74) is 0. The van der Waals surface area contributed by atoms with Gasteiger partial charge in [0.1, 0.15) is 0 Å². The highest BCUT2D eigenvalue weighted by Crippen LogP contribution is 2.17. The van der Waals surface area contributed by atoms with E-state index in [-0.39, 0.29) is 23.0 Å². The van der Waals surface area contributed by atoms with Gasteiger partial charge >= 0.3 is 0 Å². The molecule has 1 amide bonds. The molecule has 0 aliphatic rings. The van der Waals surface area contributed by atoms with Crippen molar-refractivity contribution < 1.29 is 13.2 Å². The number of benzene rings is 1. The lowest BCUT2D eigenvalue weighted by Gasteiger charge is -2.05. The first-order valence-electron chi connectivity index (χ1n) is 5.20. The maximum absolute atomic E-state index is 11.9. The van der Waals surface area contributed by atoms with Gasteiger partial charge in [-0.3, -0.25) is 4.79 Å². The molecule has 1 aromatic rings. The highest BCUT2D eigenvalue weighted by Gasteiger charge is 2.16. The number of amides is 1. The lowest BCUT2D eigenvalue weighted by Crippen LogP contribution is -2.25. The third-order valence-corrected chi connectivity index (χ3v) is 4.33. The summed E-state index contributed by atoms with van der Waals surface area (Å²) in [4.78, 5) is 11.4. The Morgan fingerprint density at radius 3 is 2.71 bits per heavy atom. The van der Waals surface area contributed by atoms with Gasteiger partial charge in [-0.15, -0.1) is 0 Å². The molecule has 1 aromatic carbocycles. The van der Waals surface area contributed by atoms with Crippen molar-refractivity contribution >= 4 is 31.7 Å². The maximum atomic E-state index is 11.9. The van der Waals surface area contributed by atoms with Crippen LogP contribution in [0, 0.1) is 0 Å². The highest BCUT2D eigenvalue weighted by atomic mass is 79.9. The lowest BCUT2D eigenvalue weighted by molar-refractivity contribution is -0.120. The minimum absolute atomic E-state index is 0.0112. The smallest absolute Gasteiger partial charge is 0.221 e. The zero-order valence-electron chi connectivity index (χ0n) is 9.44. The summed E-state index contributed by atoms with van der Waals surface area (Å²) < 4.78 is 24.5. The second-order valence-corrected chi connectivity index (χ2v) is 6.50. The number of nitrogens with one attached hydrogen (secondary N) is 1. The molecule has 0 aromatic heterocycles. The Labute approximate surface area is 109 Å². The van der Waals surface area contributed by atoms with E-state index in [2.05, 4.69) is 21.2 Å². The fourth-order valence-corrected chi connectivity index (χ4v) is 3.12. The van der Waals surface area contributed by atoms with Crippen LogP contribution in [0.2, 0.25) is 0 Å². The van der Waals surface area contributed by atoms with Gasteiger partial charge in [-0.05, 0) is 25.1 Å². The van der Waals surface area contributed by atoms with Crippen LogP contribution in [-0.4, -0.2) is 26.6 Å². The van der Waals surface area contributed by atoms with Crippen LogP contribution in [0.25, 0.3) is 0 Å². The Kier molecular flexibility index (Phi) is 5.14.